The highest BCUT2D eigenvalue weighted by Gasteiger charge is 2.37. The molecule has 2 heterocycles. The van der Waals surface area contributed by atoms with Crippen molar-refractivity contribution in [2.75, 3.05) is 5.32 Å². The second-order valence-corrected chi connectivity index (χ2v) is 8.68. The van der Waals surface area contributed by atoms with Crippen LogP contribution in [0.5, 0.6) is 0 Å². The Balaban J connectivity index is 2.15. The Bertz CT molecular complexity index is 484. The summed E-state index contributed by atoms with van der Waals surface area (Å²) in [6.07, 6.45) is 3.84. The first-order valence-corrected chi connectivity index (χ1v) is 7.85. The van der Waals surface area contributed by atoms with Crippen LogP contribution < -0.4 is 10.6 Å². The Morgan fingerprint density at radius 2 is 1.67 bits per heavy atom. The number of nitrogens with zero attached hydrogens (tertiary/aromatic N) is 2. The molecule has 2 N–H and O–H groups in total. The highest BCUT2D eigenvalue weighted by molar-refractivity contribution is 5.38. The molecule has 0 radical (unpaired) electrons. The molecule has 0 bridgehead atoms. The number of anilines is 1. The molecule has 0 unspecified atom stereocenters. The molecular weight excluding hydrogens is 260 g/mol. The molecule has 0 aliphatic carbocycles. The van der Waals surface area contributed by atoms with Gasteiger partial charge in [-0.05, 0) is 40.5 Å². The zero-order valence-electron chi connectivity index (χ0n) is 14.5. The van der Waals surface area contributed by atoms with Crippen LogP contribution in [0, 0.1) is 0 Å². The predicted octanol–water partition coefficient (Wildman–Crippen LogP) is 3.50. The molecule has 1 aliphatic rings. The average molecular weight is 290 g/mol. The van der Waals surface area contributed by atoms with Gasteiger partial charge in [0, 0.05) is 28.6 Å². The molecular formula is C17H30N4. The molecule has 1 aromatic rings. The highest BCUT2D eigenvalue weighted by Crippen LogP contribution is 2.30. The van der Waals surface area contributed by atoms with Crippen molar-refractivity contribution in [1.29, 1.82) is 0 Å². The molecule has 4 nitrogen and oxygen atoms in total. The number of rotatable bonds is 2. The Morgan fingerprint density at radius 1 is 1.10 bits per heavy atom. The van der Waals surface area contributed by atoms with Crippen LogP contribution in [-0.2, 0) is 5.41 Å². The van der Waals surface area contributed by atoms with Crippen molar-refractivity contribution < 1.29 is 0 Å². The summed E-state index contributed by atoms with van der Waals surface area (Å²) < 4.78 is 0. The smallest absolute Gasteiger partial charge is 0.129 e. The Kier molecular flexibility index (Phi) is 4.04. The van der Waals surface area contributed by atoms with Gasteiger partial charge in [0.1, 0.15) is 12.1 Å². The molecule has 118 valence electrons. The Morgan fingerprint density at radius 3 is 2.19 bits per heavy atom. The van der Waals surface area contributed by atoms with Gasteiger partial charge in [-0.15, -0.1) is 0 Å². The fourth-order valence-electron chi connectivity index (χ4n) is 3.48. The van der Waals surface area contributed by atoms with E-state index in [1.807, 2.05) is 0 Å². The van der Waals surface area contributed by atoms with Gasteiger partial charge >= 0.3 is 0 Å². The molecule has 1 aliphatic heterocycles. The van der Waals surface area contributed by atoms with E-state index in [1.165, 1.54) is 0 Å². The third kappa shape index (κ3) is 4.40. The van der Waals surface area contributed by atoms with Crippen molar-refractivity contribution >= 4 is 5.82 Å². The van der Waals surface area contributed by atoms with Crippen molar-refractivity contribution in [3.05, 3.63) is 18.1 Å². The van der Waals surface area contributed by atoms with Crippen LogP contribution in [0.1, 0.15) is 67.0 Å². The fourth-order valence-corrected chi connectivity index (χ4v) is 3.48. The lowest BCUT2D eigenvalue weighted by Crippen LogP contribution is -2.60. The summed E-state index contributed by atoms with van der Waals surface area (Å²) in [5, 5.41) is 7.32. The van der Waals surface area contributed by atoms with Gasteiger partial charge in [-0.25, -0.2) is 9.97 Å². The first-order valence-electron chi connectivity index (χ1n) is 7.85. The SMILES string of the molecule is CC1(C)CC(Nc2cc(C(C)(C)C)ncn2)CC(C)(C)N1. The minimum atomic E-state index is 0.0477. The van der Waals surface area contributed by atoms with Crippen LogP contribution in [0.15, 0.2) is 12.4 Å². The van der Waals surface area contributed by atoms with E-state index < -0.39 is 0 Å². The van der Waals surface area contributed by atoms with Crippen molar-refractivity contribution in [1.82, 2.24) is 15.3 Å². The number of hydrogen-bond donors (Lipinski definition) is 2. The second-order valence-electron chi connectivity index (χ2n) is 8.68. The van der Waals surface area contributed by atoms with Gasteiger partial charge in [-0.1, -0.05) is 20.8 Å². The summed E-state index contributed by atoms with van der Waals surface area (Å²) in [5.41, 5.74) is 1.40. The van der Waals surface area contributed by atoms with E-state index in [1.54, 1.807) is 6.33 Å². The van der Waals surface area contributed by atoms with Gasteiger partial charge < -0.3 is 10.6 Å². The molecule has 2 rings (SSSR count). The van der Waals surface area contributed by atoms with Gasteiger partial charge in [-0.2, -0.15) is 0 Å². The lowest BCUT2D eigenvalue weighted by atomic mass is 9.79. The number of piperidine rings is 1. The zero-order valence-corrected chi connectivity index (χ0v) is 14.5. The third-order valence-electron chi connectivity index (χ3n) is 3.98. The minimum absolute atomic E-state index is 0.0477. The molecule has 0 aromatic carbocycles. The summed E-state index contributed by atoms with van der Waals surface area (Å²) in [7, 11) is 0. The maximum Gasteiger partial charge on any atom is 0.129 e. The molecule has 1 aromatic heterocycles. The molecule has 1 saturated heterocycles. The molecule has 21 heavy (non-hydrogen) atoms. The lowest BCUT2D eigenvalue weighted by Gasteiger charge is -2.46. The lowest BCUT2D eigenvalue weighted by molar-refractivity contribution is 0.170. The summed E-state index contributed by atoms with van der Waals surface area (Å²) >= 11 is 0. The molecule has 0 amide bonds. The van der Waals surface area contributed by atoms with Gasteiger partial charge in [-0.3, -0.25) is 0 Å². The molecule has 4 heteroatoms. The van der Waals surface area contributed by atoms with Gasteiger partial charge in [0.05, 0.1) is 5.69 Å². The zero-order chi connectivity index (χ0) is 15.9. The monoisotopic (exact) mass is 290 g/mol. The van der Waals surface area contributed by atoms with E-state index >= 15 is 0 Å². The summed E-state index contributed by atoms with van der Waals surface area (Å²) in [6.45, 7) is 15.6. The Hall–Kier alpha value is -1.16. The standard InChI is InChI=1S/C17H30N4/c1-15(2,3)13-8-14(19-11-18-13)20-12-9-16(4,5)21-17(6,7)10-12/h8,11-12,21H,9-10H2,1-7H3,(H,18,19,20). The minimum Gasteiger partial charge on any atom is -0.367 e. The van der Waals surface area contributed by atoms with Crippen LogP contribution in [0.3, 0.4) is 0 Å². The number of aromatic nitrogens is 2. The normalized spacial score (nSPS) is 22.0. The van der Waals surface area contributed by atoms with Crippen molar-refractivity contribution in [2.45, 2.75) is 83.8 Å². The van der Waals surface area contributed by atoms with Gasteiger partial charge in [0.2, 0.25) is 0 Å². The van der Waals surface area contributed by atoms with Gasteiger partial charge in [0.15, 0.2) is 0 Å². The molecule has 0 saturated carbocycles. The number of nitrogens with one attached hydrogen (secondary N) is 2. The quantitative estimate of drug-likeness (QED) is 0.875. The summed E-state index contributed by atoms with van der Waals surface area (Å²) in [6, 6.07) is 2.51. The number of hydrogen-bond acceptors (Lipinski definition) is 4. The van der Waals surface area contributed by atoms with E-state index in [2.05, 4.69) is 75.1 Å². The van der Waals surface area contributed by atoms with Crippen LogP contribution in [0.2, 0.25) is 0 Å². The third-order valence-corrected chi connectivity index (χ3v) is 3.98. The van der Waals surface area contributed by atoms with E-state index in [-0.39, 0.29) is 16.5 Å². The maximum absolute atomic E-state index is 4.40. The molecule has 1 fully saturated rings. The molecule has 0 spiro atoms. The first-order chi connectivity index (χ1) is 9.47. The first kappa shape index (κ1) is 16.2. The Labute approximate surface area is 129 Å². The van der Waals surface area contributed by atoms with Crippen molar-refractivity contribution in [3.63, 3.8) is 0 Å². The average Bonchev–Trinajstić information content (AvgIpc) is 2.23. The molecule has 0 atom stereocenters. The van der Waals surface area contributed by atoms with Crippen LogP contribution in [0.25, 0.3) is 0 Å². The fraction of sp³-hybridized carbons (Fsp3) is 0.765. The largest absolute Gasteiger partial charge is 0.367 e. The van der Waals surface area contributed by atoms with E-state index in [4.69, 9.17) is 0 Å². The second kappa shape index (κ2) is 5.24. The summed E-state index contributed by atoms with van der Waals surface area (Å²) in [5.74, 6) is 0.938. The van der Waals surface area contributed by atoms with Crippen molar-refractivity contribution in [3.8, 4) is 0 Å². The summed E-state index contributed by atoms with van der Waals surface area (Å²) in [4.78, 5) is 8.80. The van der Waals surface area contributed by atoms with Crippen LogP contribution in [-0.4, -0.2) is 27.1 Å². The maximum atomic E-state index is 4.40. The highest BCUT2D eigenvalue weighted by atomic mass is 15.1. The van der Waals surface area contributed by atoms with Gasteiger partial charge in [0.25, 0.3) is 0 Å². The topological polar surface area (TPSA) is 49.8 Å². The van der Waals surface area contributed by atoms with Crippen LogP contribution >= 0.6 is 0 Å². The van der Waals surface area contributed by atoms with E-state index in [0.29, 0.717) is 6.04 Å². The van der Waals surface area contributed by atoms with Crippen LogP contribution in [0.4, 0.5) is 5.82 Å². The van der Waals surface area contributed by atoms with Crippen molar-refractivity contribution in [2.24, 2.45) is 0 Å². The van der Waals surface area contributed by atoms with E-state index in [9.17, 15) is 0 Å². The predicted molar refractivity (Wildman–Crippen MR) is 88.7 cm³/mol. The van der Waals surface area contributed by atoms with E-state index in [0.717, 1.165) is 24.4 Å².